The molecule has 0 radical (unpaired) electrons. The van der Waals surface area contributed by atoms with Gasteiger partial charge in [0.25, 0.3) is 5.91 Å². The molecule has 0 spiro atoms. The minimum absolute atomic E-state index is 0.158. The molecule has 1 saturated heterocycles. The fourth-order valence-electron chi connectivity index (χ4n) is 4.90. The standard InChI is InChI=1S/C31H33N3O4S2/c1-4-8-28-29(25-13-11-24(12-14-25)23-9-6-5-7-10-23)32-31(39-28)33-30(35)26-15-17-27(18-16-26)40(36,37)34-19-21(2)38-22(3)20-34/h5-7,9-18,21-22H,4,8,19-20H2,1-3H3,(H,32,33,35). The van der Waals surface area contributed by atoms with Gasteiger partial charge in [0.1, 0.15) is 0 Å². The van der Waals surface area contributed by atoms with Crippen LogP contribution in [0.3, 0.4) is 0 Å². The summed E-state index contributed by atoms with van der Waals surface area (Å²) in [5.74, 6) is -0.333. The van der Waals surface area contributed by atoms with Crippen molar-refractivity contribution in [2.45, 2.75) is 50.7 Å². The summed E-state index contributed by atoms with van der Waals surface area (Å²) in [5, 5.41) is 3.43. The molecule has 0 saturated carbocycles. The van der Waals surface area contributed by atoms with Crippen molar-refractivity contribution < 1.29 is 17.9 Å². The van der Waals surface area contributed by atoms with Gasteiger partial charge in [-0.2, -0.15) is 4.31 Å². The van der Waals surface area contributed by atoms with Crippen LogP contribution in [0.1, 0.15) is 42.4 Å². The molecule has 208 valence electrons. The number of nitrogens with one attached hydrogen (secondary N) is 1. The van der Waals surface area contributed by atoms with Gasteiger partial charge in [0, 0.05) is 29.1 Å². The Bertz CT molecular complexity index is 1560. The van der Waals surface area contributed by atoms with Crippen molar-refractivity contribution in [1.29, 1.82) is 0 Å². The summed E-state index contributed by atoms with van der Waals surface area (Å²) < 4.78 is 33.4. The minimum atomic E-state index is -3.68. The van der Waals surface area contributed by atoms with E-state index in [2.05, 4.69) is 48.6 Å². The van der Waals surface area contributed by atoms with Crippen molar-refractivity contribution >= 4 is 32.4 Å². The van der Waals surface area contributed by atoms with Gasteiger partial charge in [-0.15, -0.1) is 11.3 Å². The number of sulfonamides is 1. The van der Waals surface area contributed by atoms with E-state index >= 15 is 0 Å². The van der Waals surface area contributed by atoms with Gasteiger partial charge >= 0.3 is 0 Å². The maximum absolute atomic E-state index is 13.2. The van der Waals surface area contributed by atoms with Gasteiger partial charge in [0.15, 0.2) is 5.13 Å². The maximum Gasteiger partial charge on any atom is 0.257 e. The monoisotopic (exact) mass is 575 g/mol. The molecule has 9 heteroatoms. The highest BCUT2D eigenvalue weighted by Gasteiger charge is 2.32. The fraction of sp³-hybridized carbons (Fsp3) is 0.290. The average Bonchev–Trinajstić information content (AvgIpc) is 3.35. The molecule has 0 aliphatic carbocycles. The van der Waals surface area contributed by atoms with E-state index in [0.29, 0.717) is 23.8 Å². The number of rotatable bonds is 8. The zero-order valence-corrected chi connectivity index (χ0v) is 24.5. The van der Waals surface area contributed by atoms with Crippen LogP contribution in [0, 0.1) is 0 Å². The van der Waals surface area contributed by atoms with E-state index in [1.165, 1.54) is 27.8 Å². The van der Waals surface area contributed by atoms with Crippen molar-refractivity contribution in [2.24, 2.45) is 0 Å². The van der Waals surface area contributed by atoms with Gasteiger partial charge in [0.2, 0.25) is 10.0 Å². The Balaban J connectivity index is 1.32. The van der Waals surface area contributed by atoms with Crippen LogP contribution < -0.4 is 5.32 Å². The molecule has 1 aliphatic heterocycles. The Morgan fingerprint density at radius 1 is 0.925 bits per heavy atom. The number of hydrogen-bond acceptors (Lipinski definition) is 6. The normalized spacial score (nSPS) is 18.0. The fourth-order valence-corrected chi connectivity index (χ4v) is 7.57. The number of morpholine rings is 1. The Labute approximate surface area is 239 Å². The van der Waals surface area contributed by atoms with Gasteiger partial charge in [0.05, 0.1) is 22.8 Å². The van der Waals surface area contributed by atoms with E-state index in [1.807, 2.05) is 32.0 Å². The molecule has 1 fully saturated rings. The van der Waals surface area contributed by atoms with E-state index < -0.39 is 10.0 Å². The van der Waals surface area contributed by atoms with Crippen LogP contribution in [0.5, 0.6) is 0 Å². The van der Waals surface area contributed by atoms with Crippen molar-refractivity contribution in [3.05, 3.63) is 89.3 Å². The molecule has 3 aromatic carbocycles. The lowest BCUT2D eigenvalue weighted by Gasteiger charge is -2.34. The zero-order chi connectivity index (χ0) is 28.3. The van der Waals surface area contributed by atoms with Crippen LogP contribution in [0.15, 0.2) is 83.8 Å². The highest BCUT2D eigenvalue weighted by molar-refractivity contribution is 7.89. The van der Waals surface area contributed by atoms with Crippen molar-refractivity contribution in [1.82, 2.24) is 9.29 Å². The molecular weight excluding hydrogens is 542 g/mol. The number of carbonyl (C=O) groups excluding carboxylic acids is 1. The van der Waals surface area contributed by atoms with E-state index in [0.717, 1.165) is 40.1 Å². The molecule has 1 aromatic heterocycles. The molecule has 0 bridgehead atoms. The SMILES string of the molecule is CCCc1sc(NC(=O)c2ccc(S(=O)(=O)N3CC(C)OC(C)C3)cc2)nc1-c1ccc(-c2ccccc2)cc1. The first-order valence-corrected chi connectivity index (χ1v) is 15.7. The molecule has 2 atom stereocenters. The molecule has 1 amide bonds. The summed E-state index contributed by atoms with van der Waals surface area (Å²) >= 11 is 1.47. The molecule has 2 unspecified atom stereocenters. The summed E-state index contributed by atoms with van der Waals surface area (Å²) in [6.07, 6.45) is 1.47. The number of aromatic nitrogens is 1. The molecule has 5 rings (SSSR count). The van der Waals surface area contributed by atoms with Crippen LogP contribution in [-0.2, 0) is 21.2 Å². The lowest BCUT2D eigenvalue weighted by molar-refractivity contribution is -0.0440. The molecule has 1 N–H and O–H groups in total. The summed E-state index contributed by atoms with van der Waals surface area (Å²) in [4.78, 5) is 19.1. The van der Waals surface area contributed by atoms with Crippen molar-refractivity contribution in [3.8, 4) is 22.4 Å². The third kappa shape index (κ3) is 6.18. The second-order valence-corrected chi connectivity index (χ2v) is 13.1. The maximum atomic E-state index is 13.2. The second kappa shape index (κ2) is 12.0. The number of anilines is 1. The highest BCUT2D eigenvalue weighted by atomic mass is 32.2. The zero-order valence-electron chi connectivity index (χ0n) is 22.8. The quantitative estimate of drug-likeness (QED) is 0.260. The topological polar surface area (TPSA) is 88.6 Å². The third-order valence-corrected chi connectivity index (χ3v) is 9.68. The van der Waals surface area contributed by atoms with Crippen molar-refractivity contribution in [3.63, 3.8) is 0 Å². The Morgan fingerprint density at radius 3 is 2.15 bits per heavy atom. The number of nitrogens with zero attached hydrogens (tertiary/aromatic N) is 2. The second-order valence-electron chi connectivity index (χ2n) is 10.0. The molecule has 40 heavy (non-hydrogen) atoms. The van der Waals surface area contributed by atoms with Gasteiger partial charge in [-0.05, 0) is 55.7 Å². The number of hydrogen-bond donors (Lipinski definition) is 1. The Hall–Kier alpha value is -3.37. The first-order chi connectivity index (χ1) is 19.2. The molecule has 2 heterocycles. The number of thiazole rings is 1. The smallest absolute Gasteiger partial charge is 0.257 e. The van der Waals surface area contributed by atoms with Crippen LogP contribution in [0.4, 0.5) is 5.13 Å². The van der Waals surface area contributed by atoms with Gasteiger partial charge in [-0.1, -0.05) is 67.9 Å². The molecular formula is C31H33N3O4S2. The highest BCUT2D eigenvalue weighted by Crippen LogP contribution is 2.34. The van der Waals surface area contributed by atoms with Crippen LogP contribution in [0.25, 0.3) is 22.4 Å². The average molecular weight is 576 g/mol. The third-order valence-electron chi connectivity index (χ3n) is 6.80. The van der Waals surface area contributed by atoms with Crippen molar-refractivity contribution in [2.75, 3.05) is 18.4 Å². The Kier molecular flexibility index (Phi) is 8.46. The summed E-state index contributed by atoms with van der Waals surface area (Å²) in [6, 6.07) is 24.6. The van der Waals surface area contributed by atoms with Gasteiger partial charge in [-0.25, -0.2) is 13.4 Å². The number of amides is 1. The molecule has 1 aliphatic rings. The first-order valence-electron chi connectivity index (χ1n) is 13.5. The number of ether oxygens (including phenoxy) is 1. The molecule has 7 nitrogen and oxygen atoms in total. The van der Waals surface area contributed by atoms with Crippen LogP contribution in [0.2, 0.25) is 0 Å². The predicted molar refractivity (Wildman–Crippen MR) is 160 cm³/mol. The van der Waals surface area contributed by atoms with Gasteiger partial charge in [-0.3, -0.25) is 10.1 Å². The summed E-state index contributed by atoms with van der Waals surface area (Å²) in [7, 11) is -3.68. The van der Waals surface area contributed by atoms with E-state index in [-0.39, 0.29) is 23.0 Å². The molecule has 4 aromatic rings. The Morgan fingerprint density at radius 2 is 1.52 bits per heavy atom. The van der Waals surface area contributed by atoms with E-state index in [9.17, 15) is 13.2 Å². The summed E-state index contributed by atoms with van der Waals surface area (Å²) in [6.45, 7) is 6.45. The van der Waals surface area contributed by atoms with Crippen LogP contribution in [-0.4, -0.2) is 48.9 Å². The first kappa shape index (κ1) is 28.2. The van der Waals surface area contributed by atoms with Gasteiger partial charge < -0.3 is 4.74 Å². The number of carbonyl (C=O) groups is 1. The van der Waals surface area contributed by atoms with Crippen LogP contribution >= 0.6 is 11.3 Å². The predicted octanol–water partition coefficient (Wildman–Crippen LogP) is 6.48. The summed E-state index contributed by atoms with van der Waals surface area (Å²) in [5.41, 5.74) is 4.53. The minimum Gasteiger partial charge on any atom is -0.373 e. The lowest BCUT2D eigenvalue weighted by Crippen LogP contribution is -2.48. The largest absolute Gasteiger partial charge is 0.373 e. The number of benzene rings is 3. The number of aryl methyl sites for hydroxylation is 1. The lowest BCUT2D eigenvalue weighted by atomic mass is 10.0. The van der Waals surface area contributed by atoms with E-state index in [4.69, 9.17) is 9.72 Å². The van der Waals surface area contributed by atoms with E-state index in [1.54, 1.807) is 12.1 Å².